The smallest absolute Gasteiger partial charge is 0.120 e. The molecular formula is C9H16O. The van der Waals surface area contributed by atoms with Crippen LogP contribution in [0, 0.1) is 0 Å². The van der Waals surface area contributed by atoms with Crippen LogP contribution in [-0.4, -0.2) is 6.29 Å². The van der Waals surface area contributed by atoms with Gasteiger partial charge in [0.1, 0.15) is 6.29 Å². The summed E-state index contributed by atoms with van der Waals surface area (Å²) >= 11 is 0. The van der Waals surface area contributed by atoms with Crippen molar-refractivity contribution in [2.75, 3.05) is 0 Å². The van der Waals surface area contributed by atoms with E-state index in [9.17, 15) is 4.79 Å². The van der Waals surface area contributed by atoms with Crippen molar-refractivity contribution in [3.8, 4) is 0 Å². The number of unbranched alkanes of at least 4 members (excludes halogenated alkanes) is 3. The molecule has 0 aliphatic rings. The first-order valence-electron chi connectivity index (χ1n) is 4.00. The van der Waals surface area contributed by atoms with Crippen LogP contribution in [0.15, 0.2) is 12.2 Å². The molecule has 0 unspecified atom stereocenters. The molecule has 0 heterocycles. The Morgan fingerprint density at radius 1 is 1.10 bits per heavy atom. The number of allylic oxidation sites excluding steroid dienone is 2. The lowest BCUT2D eigenvalue weighted by molar-refractivity contribution is -0.107. The van der Waals surface area contributed by atoms with Crippen LogP contribution in [0.3, 0.4) is 0 Å². The van der Waals surface area contributed by atoms with Crippen LogP contribution >= 0.6 is 0 Å². The Morgan fingerprint density at radius 3 is 2.40 bits per heavy atom. The summed E-state index contributed by atoms with van der Waals surface area (Å²) in [6.07, 6.45) is 10.5. The average Bonchev–Trinajstić information content (AvgIpc) is 1.97. The van der Waals surface area contributed by atoms with E-state index in [4.69, 9.17) is 0 Å². The van der Waals surface area contributed by atoms with Gasteiger partial charge in [-0.15, -0.1) is 0 Å². The summed E-state index contributed by atoms with van der Waals surface area (Å²) in [6.45, 7) is 2.16. The largest absolute Gasteiger partial charge is 0.303 e. The number of hydrogen-bond acceptors (Lipinski definition) is 1. The molecule has 0 bridgehead atoms. The molecule has 0 N–H and O–H groups in total. The van der Waals surface area contributed by atoms with Crippen molar-refractivity contribution in [1.29, 1.82) is 0 Å². The Hall–Kier alpha value is -0.590. The second kappa shape index (κ2) is 8.41. The Balaban J connectivity index is 2.94. The minimum atomic E-state index is 0.705. The predicted molar refractivity (Wildman–Crippen MR) is 44.0 cm³/mol. The van der Waals surface area contributed by atoms with E-state index < -0.39 is 0 Å². The standard InChI is InChI=1S/C9H16O/c1-2-3-4-5-6-7-8-9-10/h4-5,9H,2-3,6-8H2,1H3. The molecule has 0 radical (unpaired) electrons. The molecule has 0 spiro atoms. The molecule has 0 aromatic carbocycles. The van der Waals surface area contributed by atoms with Crippen molar-refractivity contribution >= 4 is 6.29 Å². The lowest BCUT2D eigenvalue weighted by Crippen LogP contribution is -1.73. The second-order valence-electron chi connectivity index (χ2n) is 2.36. The minimum Gasteiger partial charge on any atom is -0.303 e. The fourth-order valence-electron chi connectivity index (χ4n) is 0.721. The van der Waals surface area contributed by atoms with Crippen LogP contribution in [0.4, 0.5) is 0 Å². The van der Waals surface area contributed by atoms with Gasteiger partial charge in [-0.05, 0) is 19.3 Å². The maximum absolute atomic E-state index is 9.87. The molecule has 0 aromatic heterocycles. The minimum absolute atomic E-state index is 0.705. The van der Waals surface area contributed by atoms with E-state index in [0.29, 0.717) is 6.42 Å². The Kier molecular flexibility index (Phi) is 7.91. The van der Waals surface area contributed by atoms with E-state index in [0.717, 1.165) is 19.1 Å². The highest BCUT2D eigenvalue weighted by atomic mass is 16.1. The summed E-state index contributed by atoms with van der Waals surface area (Å²) in [7, 11) is 0. The third kappa shape index (κ3) is 7.41. The van der Waals surface area contributed by atoms with Gasteiger partial charge in [-0.1, -0.05) is 25.5 Å². The van der Waals surface area contributed by atoms with Gasteiger partial charge in [-0.2, -0.15) is 0 Å². The van der Waals surface area contributed by atoms with Gasteiger partial charge in [0, 0.05) is 6.42 Å². The van der Waals surface area contributed by atoms with Crippen LogP contribution in [0.5, 0.6) is 0 Å². The van der Waals surface area contributed by atoms with Gasteiger partial charge in [0.2, 0.25) is 0 Å². The Bertz CT molecular complexity index is 94.9. The topological polar surface area (TPSA) is 17.1 Å². The molecule has 0 amide bonds. The number of carbonyl (C=O) groups excluding carboxylic acids is 1. The molecule has 58 valence electrons. The lowest BCUT2D eigenvalue weighted by atomic mass is 10.2. The molecule has 0 aliphatic carbocycles. The van der Waals surface area contributed by atoms with Crippen LogP contribution in [0.2, 0.25) is 0 Å². The highest BCUT2D eigenvalue weighted by Crippen LogP contribution is 1.96. The van der Waals surface area contributed by atoms with Gasteiger partial charge in [0.05, 0.1) is 0 Å². The van der Waals surface area contributed by atoms with Crippen molar-refractivity contribution in [2.24, 2.45) is 0 Å². The molecule has 0 fully saturated rings. The van der Waals surface area contributed by atoms with Crippen molar-refractivity contribution in [2.45, 2.75) is 39.0 Å². The summed E-state index contributed by atoms with van der Waals surface area (Å²) in [6, 6.07) is 0. The van der Waals surface area contributed by atoms with Crippen LogP contribution in [0.1, 0.15) is 39.0 Å². The van der Waals surface area contributed by atoms with Gasteiger partial charge in [0.15, 0.2) is 0 Å². The molecule has 1 nitrogen and oxygen atoms in total. The van der Waals surface area contributed by atoms with Crippen LogP contribution < -0.4 is 0 Å². The second-order valence-corrected chi connectivity index (χ2v) is 2.36. The zero-order valence-electron chi connectivity index (χ0n) is 6.68. The van der Waals surface area contributed by atoms with E-state index in [2.05, 4.69) is 19.1 Å². The number of aldehydes is 1. The molecule has 0 atom stereocenters. The molecule has 0 saturated heterocycles. The van der Waals surface area contributed by atoms with Gasteiger partial charge in [-0.25, -0.2) is 0 Å². The van der Waals surface area contributed by atoms with Crippen molar-refractivity contribution in [3.05, 3.63) is 12.2 Å². The van der Waals surface area contributed by atoms with Crippen molar-refractivity contribution in [1.82, 2.24) is 0 Å². The summed E-state index contributed by atoms with van der Waals surface area (Å²) < 4.78 is 0. The summed E-state index contributed by atoms with van der Waals surface area (Å²) in [5.74, 6) is 0. The Morgan fingerprint density at radius 2 is 1.80 bits per heavy atom. The maximum atomic E-state index is 9.87. The zero-order chi connectivity index (χ0) is 7.66. The van der Waals surface area contributed by atoms with Gasteiger partial charge in [-0.3, -0.25) is 0 Å². The first kappa shape index (κ1) is 9.41. The summed E-state index contributed by atoms with van der Waals surface area (Å²) in [4.78, 5) is 9.87. The molecule has 10 heavy (non-hydrogen) atoms. The summed E-state index contributed by atoms with van der Waals surface area (Å²) in [5, 5.41) is 0. The van der Waals surface area contributed by atoms with E-state index in [-0.39, 0.29) is 0 Å². The highest BCUT2D eigenvalue weighted by molar-refractivity contribution is 5.48. The quantitative estimate of drug-likeness (QED) is 0.315. The molecule has 1 heteroatoms. The molecule has 0 aliphatic heterocycles. The van der Waals surface area contributed by atoms with Crippen LogP contribution in [0.25, 0.3) is 0 Å². The van der Waals surface area contributed by atoms with E-state index in [1.165, 1.54) is 12.8 Å². The monoisotopic (exact) mass is 140 g/mol. The highest BCUT2D eigenvalue weighted by Gasteiger charge is 1.80. The predicted octanol–water partition coefficient (Wildman–Crippen LogP) is 2.71. The van der Waals surface area contributed by atoms with Gasteiger partial charge < -0.3 is 4.79 Å². The maximum Gasteiger partial charge on any atom is 0.120 e. The SMILES string of the molecule is CCCC=CCCCC=O. The molecule has 0 saturated carbocycles. The molecule has 0 aromatic rings. The van der Waals surface area contributed by atoms with Gasteiger partial charge in [0.25, 0.3) is 0 Å². The Labute approximate surface area is 63.1 Å². The van der Waals surface area contributed by atoms with Crippen LogP contribution in [-0.2, 0) is 4.79 Å². The van der Waals surface area contributed by atoms with Gasteiger partial charge >= 0.3 is 0 Å². The average molecular weight is 140 g/mol. The lowest BCUT2D eigenvalue weighted by Gasteiger charge is -1.86. The molecular weight excluding hydrogens is 124 g/mol. The van der Waals surface area contributed by atoms with Crippen molar-refractivity contribution in [3.63, 3.8) is 0 Å². The fourth-order valence-corrected chi connectivity index (χ4v) is 0.721. The number of rotatable bonds is 6. The van der Waals surface area contributed by atoms with E-state index in [1.54, 1.807) is 0 Å². The third-order valence-electron chi connectivity index (χ3n) is 1.31. The zero-order valence-corrected chi connectivity index (χ0v) is 6.68. The van der Waals surface area contributed by atoms with Crippen molar-refractivity contribution < 1.29 is 4.79 Å². The number of carbonyl (C=O) groups is 1. The summed E-state index contributed by atoms with van der Waals surface area (Å²) in [5.41, 5.74) is 0. The number of hydrogen-bond donors (Lipinski definition) is 0. The normalized spacial score (nSPS) is 10.5. The third-order valence-corrected chi connectivity index (χ3v) is 1.31. The first-order valence-corrected chi connectivity index (χ1v) is 4.00. The molecule has 0 rings (SSSR count). The van der Waals surface area contributed by atoms with E-state index in [1.807, 2.05) is 0 Å². The first-order chi connectivity index (χ1) is 4.91. The fraction of sp³-hybridized carbons (Fsp3) is 0.667. The van der Waals surface area contributed by atoms with E-state index >= 15 is 0 Å².